The lowest BCUT2D eigenvalue weighted by atomic mass is 9.60. The molecule has 4 aliphatic rings. The molecule has 242 valence electrons. The van der Waals surface area contributed by atoms with Crippen LogP contribution in [0.25, 0.3) is 11.3 Å². The van der Waals surface area contributed by atoms with Crippen LogP contribution in [-0.2, 0) is 4.79 Å². The van der Waals surface area contributed by atoms with E-state index in [-0.39, 0.29) is 52.7 Å². The third-order valence-corrected chi connectivity index (χ3v) is 10.3. The Bertz CT molecular complexity index is 1640. The number of nitrogens with one attached hydrogen (secondary N) is 1. The summed E-state index contributed by atoms with van der Waals surface area (Å²) in [7, 11) is 2.04. The van der Waals surface area contributed by atoms with Gasteiger partial charge in [0.1, 0.15) is 11.9 Å². The van der Waals surface area contributed by atoms with Gasteiger partial charge in [0.25, 0.3) is 5.91 Å². The number of nitrogens with zero attached hydrogens (tertiary/aromatic N) is 4. The van der Waals surface area contributed by atoms with Crippen molar-refractivity contribution >= 4 is 23.4 Å². The lowest BCUT2D eigenvalue weighted by molar-refractivity contribution is -0.167. The molecule has 2 amide bonds. The molecule has 1 N–H and O–H groups in total. The predicted octanol–water partition coefficient (Wildman–Crippen LogP) is 5.33. The van der Waals surface area contributed by atoms with Crippen molar-refractivity contribution in [2.24, 2.45) is 11.3 Å². The third-order valence-electron chi connectivity index (χ3n) is 10.1. The molecule has 4 heterocycles. The summed E-state index contributed by atoms with van der Waals surface area (Å²) in [6.45, 7) is 5.43. The number of likely N-dealkylation sites (N-methyl/N-ethyl adjacent to an activating group) is 1. The molecule has 2 saturated carbocycles. The normalized spacial score (nSPS) is 23.7. The van der Waals surface area contributed by atoms with Gasteiger partial charge < -0.3 is 24.6 Å². The zero-order valence-electron chi connectivity index (χ0n) is 26.2. The third kappa shape index (κ3) is 5.93. The van der Waals surface area contributed by atoms with Crippen LogP contribution in [0.5, 0.6) is 11.6 Å². The molecule has 1 spiro atoms. The molecule has 4 fully saturated rings. The second-order valence-electron chi connectivity index (χ2n) is 13.4. The molecule has 2 saturated heterocycles. The molecule has 2 unspecified atom stereocenters. The first-order valence-corrected chi connectivity index (χ1v) is 16.6. The van der Waals surface area contributed by atoms with Crippen LogP contribution in [-0.4, -0.2) is 83.6 Å². The van der Waals surface area contributed by atoms with Gasteiger partial charge in [-0.3, -0.25) is 9.59 Å². The maximum atomic E-state index is 14.6. The molecule has 3 aromatic rings. The summed E-state index contributed by atoms with van der Waals surface area (Å²) in [6.07, 6.45) is 5.64. The Morgan fingerprint density at radius 1 is 1.13 bits per heavy atom. The molecule has 2 aromatic heterocycles. The monoisotopic (exact) mass is 647 g/mol. The Hall–Kier alpha value is -3.76. The van der Waals surface area contributed by atoms with E-state index < -0.39 is 0 Å². The summed E-state index contributed by atoms with van der Waals surface area (Å²) in [5.41, 5.74) is 2.15. The van der Waals surface area contributed by atoms with E-state index in [1.807, 2.05) is 43.1 Å². The number of hydrogen-bond donors (Lipinski definition) is 1. The minimum absolute atomic E-state index is 0.0252. The first-order chi connectivity index (χ1) is 22.2. The van der Waals surface area contributed by atoms with Crippen LogP contribution in [0.15, 0.2) is 48.7 Å². The van der Waals surface area contributed by atoms with E-state index in [0.29, 0.717) is 53.2 Å². The molecule has 1 aromatic carbocycles. The fourth-order valence-corrected chi connectivity index (χ4v) is 7.71. The molecule has 9 nitrogen and oxygen atoms in total. The van der Waals surface area contributed by atoms with Crippen LogP contribution in [0, 0.1) is 17.2 Å². The van der Waals surface area contributed by atoms with Crippen molar-refractivity contribution in [2.45, 2.75) is 57.1 Å². The molecular weight excluding hydrogens is 609 g/mol. The summed E-state index contributed by atoms with van der Waals surface area (Å²) < 4.78 is 26.7. The molecule has 0 radical (unpaired) electrons. The van der Waals surface area contributed by atoms with Crippen molar-refractivity contribution < 1.29 is 23.5 Å². The van der Waals surface area contributed by atoms with Crippen molar-refractivity contribution in [3.8, 4) is 22.9 Å². The van der Waals surface area contributed by atoms with E-state index in [0.717, 1.165) is 45.2 Å². The van der Waals surface area contributed by atoms with Crippen LogP contribution < -0.4 is 14.8 Å². The lowest BCUT2D eigenvalue weighted by Crippen LogP contribution is -2.67. The number of halogens is 2. The van der Waals surface area contributed by atoms with Gasteiger partial charge in [0.2, 0.25) is 11.8 Å². The maximum absolute atomic E-state index is 14.6. The SMILES string of the molecule is CCOc1ncccc1-c1ccc(OC2CC3(C2)CN(C(=O)C2CCC2c2ccc(Cl)cc2F)C3)c(C(=O)N[C@@H]2CCN(C)C2)n1. The van der Waals surface area contributed by atoms with E-state index in [9.17, 15) is 14.0 Å². The van der Waals surface area contributed by atoms with Gasteiger partial charge in [0.05, 0.1) is 17.9 Å². The highest BCUT2D eigenvalue weighted by Crippen LogP contribution is 2.52. The molecule has 46 heavy (non-hydrogen) atoms. The van der Waals surface area contributed by atoms with Gasteiger partial charge in [-0.2, -0.15) is 0 Å². The predicted molar refractivity (Wildman–Crippen MR) is 172 cm³/mol. The van der Waals surface area contributed by atoms with E-state index >= 15 is 0 Å². The van der Waals surface area contributed by atoms with E-state index in [4.69, 9.17) is 26.1 Å². The lowest BCUT2D eigenvalue weighted by Gasteiger charge is -2.59. The molecule has 2 aliphatic carbocycles. The number of carbonyl (C=O) groups excluding carboxylic acids is 2. The van der Waals surface area contributed by atoms with Crippen LogP contribution in [0.1, 0.15) is 61.0 Å². The second kappa shape index (κ2) is 12.4. The first-order valence-electron chi connectivity index (χ1n) is 16.2. The van der Waals surface area contributed by atoms with Crippen LogP contribution in [0.3, 0.4) is 0 Å². The van der Waals surface area contributed by atoms with Crippen molar-refractivity contribution in [1.82, 2.24) is 25.1 Å². The van der Waals surface area contributed by atoms with Gasteiger partial charge >= 0.3 is 0 Å². The second-order valence-corrected chi connectivity index (χ2v) is 13.8. The zero-order valence-corrected chi connectivity index (χ0v) is 26.9. The van der Waals surface area contributed by atoms with E-state index in [2.05, 4.69) is 15.2 Å². The largest absolute Gasteiger partial charge is 0.488 e. The minimum Gasteiger partial charge on any atom is -0.488 e. The van der Waals surface area contributed by atoms with Crippen molar-refractivity contribution in [3.63, 3.8) is 0 Å². The van der Waals surface area contributed by atoms with Gasteiger partial charge in [-0.05, 0) is 100 Å². The first kappa shape index (κ1) is 30.9. The Morgan fingerprint density at radius 3 is 2.65 bits per heavy atom. The van der Waals surface area contributed by atoms with Crippen molar-refractivity contribution in [3.05, 3.63) is 70.8 Å². The number of carbonyl (C=O) groups is 2. The molecular formula is C35H39ClFN5O4. The number of rotatable bonds is 9. The number of hydrogen-bond acceptors (Lipinski definition) is 7. The van der Waals surface area contributed by atoms with Gasteiger partial charge in [0, 0.05) is 48.2 Å². The van der Waals surface area contributed by atoms with Gasteiger partial charge in [-0.1, -0.05) is 17.7 Å². The Kier molecular flexibility index (Phi) is 8.35. The van der Waals surface area contributed by atoms with Gasteiger partial charge in [-0.25, -0.2) is 14.4 Å². The smallest absolute Gasteiger partial charge is 0.274 e. The standard InChI is InChI=1S/C35H39ClFN5O4/c1-3-45-33-27(5-4-13-38-33)29-10-11-30(31(40-29)32(43)39-22-12-14-41(2)18-22)46-23-16-35(17-23)19-42(20-35)34(44)26-9-8-24(26)25-7-6-21(36)15-28(25)37/h4-7,10-11,13,15,22-24,26H,3,8-9,12,14,16-20H2,1-2H3,(H,39,43)/t22-,24?,26?/m1/s1. The summed E-state index contributed by atoms with van der Waals surface area (Å²) in [5.74, 6) is 0.137. The number of benzene rings is 1. The summed E-state index contributed by atoms with van der Waals surface area (Å²) in [5, 5.41) is 3.51. The molecule has 3 atom stereocenters. The highest BCUT2D eigenvalue weighted by Gasteiger charge is 2.56. The molecule has 11 heteroatoms. The van der Waals surface area contributed by atoms with E-state index in [1.165, 1.54) is 6.07 Å². The molecule has 0 bridgehead atoms. The number of likely N-dealkylation sites (tertiary alicyclic amines) is 2. The Balaban J connectivity index is 1.01. The average Bonchev–Trinajstić information content (AvgIpc) is 3.39. The Labute approximate surface area is 273 Å². The highest BCUT2D eigenvalue weighted by atomic mass is 35.5. The topological polar surface area (TPSA) is 96.9 Å². The molecule has 2 aliphatic heterocycles. The Morgan fingerprint density at radius 2 is 1.96 bits per heavy atom. The van der Waals surface area contributed by atoms with Gasteiger partial charge in [-0.15, -0.1) is 0 Å². The number of pyridine rings is 2. The highest BCUT2D eigenvalue weighted by molar-refractivity contribution is 6.30. The number of ether oxygens (including phenoxy) is 2. The molecule has 7 rings (SSSR count). The van der Waals surface area contributed by atoms with E-state index in [1.54, 1.807) is 18.3 Å². The minimum atomic E-state index is -0.338. The zero-order chi connectivity index (χ0) is 32.0. The summed E-state index contributed by atoms with van der Waals surface area (Å²) in [4.78, 5) is 40.2. The van der Waals surface area contributed by atoms with Crippen molar-refractivity contribution in [2.75, 3.05) is 39.8 Å². The van der Waals surface area contributed by atoms with Crippen LogP contribution >= 0.6 is 11.6 Å². The van der Waals surface area contributed by atoms with Crippen LogP contribution in [0.4, 0.5) is 4.39 Å². The fourth-order valence-electron chi connectivity index (χ4n) is 7.55. The number of amides is 2. The fraction of sp³-hybridized carbons (Fsp3) is 0.486. The summed E-state index contributed by atoms with van der Waals surface area (Å²) >= 11 is 5.93. The van der Waals surface area contributed by atoms with Gasteiger partial charge in [0.15, 0.2) is 11.4 Å². The van der Waals surface area contributed by atoms with Crippen LogP contribution in [0.2, 0.25) is 5.02 Å². The quantitative estimate of drug-likeness (QED) is 0.335. The maximum Gasteiger partial charge on any atom is 0.274 e. The average molecular weight is 648 g/mol. The summed E-state index contributed by atoms with van der Waals surface area (Å²) in [6, 6.07) is 12.1. The number of aromatic nitrogens is 2. The van der Waals surface area contributed by atoms with Crippen molar-refractivity contribution in [1.29, 1.82) is 0 Å².